The molecule has 5 nitrogen and oxygen atoms in total. The standard InChI is InChI=1S/C18H20FIN2O3/c1-17(25)5-11(6-17)21-15(23)8-22-9-18(7-14(18)19)13-4-10(20)2-3-12(13)16(22)24/h2-4,11,14,25H,5-9H2,1H3,(H,21,23)/t11?,14?,17?,18-/m0/s1. The predicted octanol–water partition coefficient (Wildman–Crippen LogP) is 1.76. The van der Waals surface area contributed by atoms with Crippen molar-refractivity contribution in [2.75, 3.05) is 13.1 Å². The Morgan fingerprint density at radius 1 is 1.44 bits per heavy atom. The number of benzene rings is 1. The Balaban J connectivity index is 1.49. The molecule has 2 aliphatic carbocycles. The lowest BCUT2D eigenvalue weighted by atomic mass is 9.77. The molecule has 2 saturated carbocycles. The van der Waals surface area contributed by atoms with Crippen molar-refractivity contribution in [2.45, 2.75) is 49.4 Å². The lowest BCUT2D eigenvalue weighted by molar-refractivity contribution is -0.125. The molecule has 1 aromatic carbocycles. The maximum atomic E-state index is 14.2. The molecule has 1 unspecified atom stereocenters. The van der Waals surface area contributed by atoms with E-state index in [9.17, 15) is 19.1 Å². The van der Waals surface area contributed by atoms with E-state index in [4.69, 9.17) is 0 Å². The minimum absolute atomic E-state index is 0.0555. The van der Waals surface area contributed by atoms with Crippen molar-refractivity contribution in [1.82, 2.24) is 10.2 Å². The molecule has 1 aromatic rings. The molecular weight excluding hydrogens is 438 g/mol. The van der Waals surface area contributed by atoms with E-state index in [1.807, 2.05) is 12.1 Å². The molecule has 25 heavy (non-hydrogen) atoms. The highest BCUT2D eigenvalue weighted by Crippen LogP contribution is 2.54. The van der Waals surface area contributed by atoms with Gasteiger partial charge in [0.15, 0.2) is 0 Å². The molecule has 3 aliphatic rings. The van der Waals surface area contributed by atoms with Crippen LogP contribution in [0.2, 0.25) is 0 Å². The first-order chi connectivity index (χ1) is 11.7. The largest absolute Gasteiger partial charge is 0.390 e. The first kappa shape index (κ1) is 17.2. The summed E-state index contributed by atoms with van der Waals surface area (Å²) in [5, 5.41) is 12.6. The van der Waals surface area contributed by atoms with Gasteiger partial charge in [0.25, 0.3) is 5.91 Å². The fourth-order valence-corrected chi connectivity index (χ4v) is 4.66. The second kappa shape index (κ2) is 5.64. The summed E-state index contributed by atoms with van der Waals surface area (Å²) in [6.07, 6.45) is 0.469. The average molecular weight is 458 g/mol. The van der Waals surface area contributed by atoms with Gasteiger partial charge in [-0.05, 0) is 72.5 Å². The van der Waals surface area contributed by atoms with E-state index >= 15 is 0 Å². The van der Waals surface area contributed by atoms with Crippen LogP contribution in [0.5, 0.6) is 0 Å². The van der Waals surface area contributed by atoms with E-state index in [0.717, 1.165) is 9.13 Å². The summed E-state index contributed by atoms with van der Waals surface area (Å²) >= 11 is 2.16. The number of aliphatic hydroxyl groups is 1. The summed E-state index contributed by atoms with van der Waals surface area (Å²) in [5.74, 6) is -0.471. The van der Waals surface area contributed by atoms with Crippen molar-refractivity contribution >= 4 is 34.4 Å². The Kier molecular flexibility index (Phi) is 3.88. The van der Waals surface area contributed by atoms with E-state index in [1.54, 1.807) is 13.0 Å². The Bertz CT molecular complexity index is 761. The fourth-order valence-electron chi connectivity index (χ4n) is 4.16. The molecular formula is C18H20FIN2O3. The monoisotopic (exact) mass is 458 g/mol. The molecule has 2 N–H and O–H groups in total. The topological polar surface area (TPSA) is 69.6 Å². The van der Waals surface area contributed by atoms with Gasteiger partial charge in [0.2, 0.25) is 5.91 Å². The quantitative estimate of drug-likeness (QED) is 0.679. The van der Waals surface area contributed by atoms with E-state index in [0.29, 0.717) is 24.8 Å². The molecule has 0 bridgehead atoms. The van der Waals surface area contributed by atoms with Gasteiger partial charge in [-0.3, -0.25) is 9.59 Å². The number of nitrogens with one attached hydrogen (secondary N) is 1. The van der Waals surface area contributed by atoms with E-state index < -0.39 is 17.2 Å². The van der Waals surface area contributed by atoms with Crippen LogP contribution in [0, 0.1) is 3.57 Å². The number of fused-ring (bicyclic) bond motifs is 2. The van der Waals surface area contributed by atoms with E-state index in [2.05, 4.69) is 27.9 Å². The molecule has 0 radical (unpaired) electrons. The fraction of sp³-hybridized carbons (Fsp3) is 0.556. The third kappa shape index (κ3) is 2.95. The number of hydrogen-bond acceptors (Lipinski definition) is 3. The molecule has 134 valence electrons. The number of carbonyl (C=O) groups is 2. The summed E-state index contributed by atoms with van der Waals surface area (Å²) < 4.78 is 15.2. The Morgan fingerprint density at radius 3 is 2.72 bits per heavy atom. The Labute approximate surface area is 159 Å². The predicted molar refractivity (Wildman–Crippen MR) is 98.0 cm³/mol. The highest BCUT2D eigenvalue weighted by atomic mass is 127. The van der Waals surface area contributed by atoms with Crippen molar-refractivity contribution in [3.8, 4) is 0 Å². The maximum Gasteiger partial charge on any atom is 0.254 e. The van der Waals surface area contributed by atoms with Crippen LogP contribution in [-0.2, 0) is 10.2 Å². The molecule has 0 saturated heterocycles. The number of alkyl halides is 1. The van der Waals surface area contributed by atoms with E-state index in [-0.39, 0.29) is 30.9 Å². The first-order valence-electron chi connectivity index (χ1n) is 8.45. The van der Waals surface area contributed by atoms with Crippen LogP contribution in [-0.4, -0.2) is 52.7 Å². The zero-order chi connectivity index (χ0) is 18.0. The van der Waals surface area contributed by atoms with Gasteiger partial charge in [0.1, 0.15) is 6.17 Å². The van der Waals surface area contributed by atoms with Crippen molar-refractivity contribution in [3.63, 3.8) is 0 Å². The molecule has 4 rings (SSSR count). The first-order valence-corrected chi connectivity index (χ1v) is 9.53. The summed E-state index contributed by atoms with van der Waals surface area (Å²) in [6, 6.07) is 5.40. The van der Waals surface area contributed by atoms with Crippen LogP contribution >= 0.6 is 22.6 Å². The SMILES string of the molecule is CC1(O)CC(NC(=O)CN2C[C@@]3(CC3F)c3cc(I)ccc3C2=O)C1. The van der Waals surface area contributed by atoms with Crippen LogP contribution in [0.15, 0.2) is 18.2 Å². The molecule has 2 amide bonds. The lowest BCUT2D eigenvalue weighted by Gasteiger charge is -2.41. The lowest BCUT2D eigenvalue weighted by Crippen LogP contribution is -2.56. The molecule has 1 heterocycles. The van der Waals surface area contributed by atoms with Crippen LogP contribution in [0.3, 0.4) is 0 Å². The van der Waals surface area contributed by atoms with E-state index in [1.165, 1.54) is 4.90 Å². The molecule has 2 fully saturated rings. The number of nitrogens with zero attached hydrogens (tertiary/aromatic N) is 1. The number of hydrogen-bond donors (Lipinski definition) is 2. The molecule has 0 aromatic heterocycles. The average Bonchev–Trinajstić information content (AvgIpc) is 3.13. The number of carbonyl (C=O) groups excluding carboxylic acids is 2. The summed E-state index contributed by atoms with van der Waals surface area (Å²) in [6.45, 7) is 1.91. The normalized spacial score (nSPS) is 36.0. The van der Waals surface area contributed by atoms with Gasteiger partial charge in [0, 0.05) is 27.1 Å². The molecule has 2 atom stereocenters. The van der Waals surface area contributed by atoms with Crippen LogP contribution in [0.4, 0.5) is 4.39 Å². The van der Waals surface area contributed by atoms with Crippen LogP contribution in [0.25, 0.3) is 0 Å². The summed E-state index contributed by atoms with van der Waals surface area (Å²) in [4.78, 5) is 26.5. The zero-order valence-corrected chi connectivity index (χ0v) is 16.0. The second-order valence-corrected chi connectivity index (χ2v) is 9.09. The second-order valence-electron chi connectivity index (χ2n) is 7.85. The summed E-state index contributed by atoms with van der Waals surface area (Å²) in [5.41, 5.74) is -0.0749. The minimum atomic E-state index is -0.968. The van der Waals surface area contributed by atoms with Gasteiger partial charge in [-0.2, -0.15) is 0 Å². The molecule has 1 aliphatic heterocycles. The van der Waals surface area contributed by atoms with Gasteiger partial charge < -0.3 is 15.3 Å². The summed E-state index contributed by atoms with van der Waals surface area (Å²) in [7, 11) is 0. The maximum absolute atomic E-state index is 14.2. The van der Waals surface area contributed by atoms with Crippen molar-refractivity contribution in [3.05, 3.63) is 32.9 Å². The zero-order valence-electron chi connectivity index (χ0n) is 13.9. The third-order valence-corrected chi connectivity index (χ3v) is 6.23. The number of rotatable bonds is 3. The third-order valence-electron chi connectivity index (χ3n) is 5.56. The Morgan fingerprint density at radius 2 is 2.12 bits per heavy atom. The van der Waals surface area contributed by atoms with Crippen LogP contribution < -0.4 is 5.32 Å². The molecule has 1 spiro atoms. The van der Waals surface area contributed by atoms with Gasteiger partial charge in [-0.1, -0.05) is 0 Å². The van der Waals surface area contributed by atoms with Gasteiger partial charge in [-0.15, -0.1) is 0 Å². The van der Waals surface area contributed by atoms with Gasteiger partial charge >= 0.3 is 0 Å². The number of amides is 2. The molecule has 7 heteroatoms. The van der Waals surface area contributed by atoms with Gasteiger partial charge in [-0.25, -0.2) is 4.39 Å². The van der Waals surface area contributed by atoms with Crippen LogP contribution in [0.1, 0.15) is 42.1 Å². The number of halogens is 2. The smallest absolute Gasteiger partial charge is 0.254 e. The van der Waals surface area contributed by atoms with Crippen molar-refractivity contribution in [2.24, 2.45) is 0 Å². The Hall–Kier alpha value is -1.22. The minimum Gasteiger partial charge on any atom is -0.390 e. The van der Waals surface area contributed by atoms with Gasteiger partial charge in [0.05, 0.1) is 12.1 Å². The highest BCUT2D eigenvalue weighted by Gasteiger charge is 2.61. The highest BCUT2D eigenvalue weighted by molar-refractivity contribution is 14.1. The van der Waals surface area contributed by atoms with Crippen molar-refractivity contribution in [1.29, 1.82) is 0 Å². The van der Waals surface area contributed by atoms with Crippen molar-refractivity contribution < 1.29 is 19.1 Å².